The van der Waals surface area contributed by atoms with Crippen LogP contribution in [-0.2, 0) is 0 Å². The third-order valence-corrected chi connectivity index (χ3v) is 4.13. The second kappa shape index (κ2) is 7.49. The Balaban J connectivity index is 2.33. The summed E-state index contributed by atoms with van der Waals surface area (Å²) < 4.78 is 0. The highest BCUT2D eigenvalue weighted by molar-refractivity contribution is 4.79. The smallest absolute Gasteiger partial charge is 0.0192 e. The van der Waals surface area contributed by atoms with Crippen LogP contribution in [0.15, 0.2) is 0 Å². The Morgan fingerprint density at radius 2 is 1.94 bits per heavy atom. The molecular formula is C16H34N2. The van der Waals surface area contributed by atoms with E-state index in [-0.39, 0.29) is 5.54 Å². The fourth-order valence-electron chi connectivity index (χ4n) is 2.91. The molecule has 1 aliphatic rings. The summed E-state index contributed by atoms with van der Waals surface area (Å²) in [5, 5.41) is 3.63. The van der Waals surface area contributed by atoms with Gasteiger partial charge in [-0.1, -0.05) is 19.8 Å². The van der Waals surface area contributed by atoms with Crippen molar-refractivity contribution in [2.45, 2.75) is 78.3 Å². The highest BCUT2D eigenvalue weighted by Gasteiger charge is 2.21. The molecule has 0 aliphatic carbocycles. The van der Waals surface area contributed by atoms with E-state index >= 15 is 0 Å². The monoisotopic (exact) mass is 254 g/mol. The third-order valence-electron chi connectivity index (χ3n) is 4.13. The van der Waals surface area contributed by atoms with E-state index < -0.39 is 0 Å². The first-order valence-corrected chi connectivity index (χ1v) is 7.91. The summed E-state index contributed by atoms with van der Waals surface area (Å²) in [5.74, 6) is 0.989. The molecule has 0 radical (unpaired) electrons. The normalized spacial score (nSPS) is 24.8. The second-order valence-corrected chi connectivity index (χ2v) is 7.10. The third kappa shape index (κ3) is 6.19. The van der Waals surface area contributed by atoms with Crippen molar-refractivity contribution in [3.63, 3.8) is 0 Å². The molecule has 1 saturated heterocycles. The summed E-state index contributed by atoms with van der Waals surface area (Å²) in [4.78, 5) is 2.69. The van der Waals surface area contributed by atoms with Gasteiger partial charge in [-0.3, -0.25) is 4.90 Å². The lowest BCUT2D eigenvalue weighted by Crippen LogP contribution is -2.46. The zero-order valence-electron chi connectivity index (χ0n) is 13.3. The van der Waals surface area contributed by atoms with Crippen LogP contribution in [0.4, 0.5) is 0 Å². The number of nitrogens with zero attached hydrogens (tertiary/aromatic N) is 1. The van der Waals surface area contributed by atoms with Crippen molar-refractivity contribution in [1.29, 1.82) is 0 Å². The zero-order chi connectivity index (χ0) is 13.6. The molecule has 0 aromatic rings. The van der Waals surface area contributed by atoms with Crippen LogP contribution in [0.2, 0.25) is 0 Å². The van der Waals surface area contributed by atoms with Crippen molar-refractivity contribution in [3.8, 4) is 0 Å². The fourth-order valence-corrected chi connectivity index (χ4v) is 2.91. The molecule has 2 heteroatoms. The first kappa shape index (κ1) is 16.0. The lowest BCUT2D eigenvalue weighted by molar-refractivity contribution is 0.198. The molecule has 1 fully saturated rings. The van der Waals surface area contributed by atoms with Gasteiger partial charge in [0, 0.05) is 18.1 Å². The van der Waals surface area contributed by atoms with Gasteiger partial charge in [0.2, 0.25) is 0 Å². The molecule has 0 aromatic heterocycles. The van der Waals surface area contributed by atoms with E-state index in [2.05, 4.69) is 44.8 Å². The zero-order valence-corrected chi connectivity index (χ0v) is 13.3. The molecule has 1 aliphatic heterocycles. The molecule has 2 unspecified atom stereocenters. The maximum absolute atomic E-state index is 3.63. The van der Waals surface area contributed by atoms with Crippen LogP contribution >= 0.6 is 0 Å². The Morgan fingerprint density at radius 1 is 1.22 bits per heavy atom. The maximum atomic E-state index is 3.63. The highest BCUT2D eigenvalue weighted by atomic mass is 15.2. The lowest BCUT2D eigenvalue weighted by Gasteiger charge is -2.31. The van der Waals surface area contributed by atoms with Gasteiger partial charge in [-0.2, -0.15) is 0 Å². The van der Waals surface area contributed by atoms with E-state index in [4.69, 9.17) is 0 Å². The van der Waals surface area contributed by atoms with Gasteiger partial charge in [0.05, 0.1) is 0 Å². The predicted molar refractivity (Wildman–Crippen MR) is 81.0 cm³/mol. The molecule has 18 heavy (non-hydrogen) atoms. The van der Waals surface area contributed by atoms with E-state index in [0.717, 1.165) is 12.5 Å². The number of nitrogens with one attached hydrogen (secondary N) is 1. The Morgan fingerprint density at radius 3 is 2.56 bits per heavy atom. The van der Waals surface area contributed by atoms with Gasteiger partial charge in [0.25, 0.3) is 0 Å². The standard InChI is InChI=1S/C16H34N2/c1-6-8-15-9-7-11-18(12-10-15)14(2)13-17-16(3,4)5/h14-15,17H,6-13H2,1-5H3. The molecule has 1 rings (SSSR count). The molecule has 0 bridgehead atoms. The molecule has 108 valence electrons. The van der Waals surface area contributed by atoms with Crippen LogP contribution < -0.4 is 5.32 Å². The van der Waals surface area contributed by atoms with Crippen molar-refractivity contribution in [1.82, 2.24) is 10.2 Å². The molecule has 1 N–H and O–H groups in total. The lowest BCUT2D eigenvalue weighted by atomic mass is 9.96. The van der Waals surface area contributed by atoms with Gasteiger partial charge < -0.3 is 5.32 Å². The van der Waals surface area contributed by atoms with Crippen LogP contribution in [0.1, 0.15) is 66.7 Å². The SMILES string of the molecule is CCCC1CCCN(C(C)CNC(C)(C)C)CC1. The van der Waals surface area contributed by atoms with E-state index in [1.165, 1.54) is 45.2 Å². The second-order valence-electron chi connectivity index (χ2n) is 7.10. The average molecular weight is 254 g/mol. The summed E-state index contributed by atoms with van der Waals surface area (Å²) in [7, 11) is 0. The Hall–Kier alpha value is -0.0800. The molecule has 0 amide bonds. The van der Waals surface area contributed by atoms with Gasteiger partial charge in [-0.25, -0.2) is 0 Å². The van der Waals surface area contributed by atoms with Crippen molar-refractivity contribution >= 4 is 0 Å². The molecular weight excluding hydrogens is 220 g/mol. The molecule has 0 spiro atoms. The molecule has 1 heterocycles. The van der Waals surface area contributed by atoms with Crippen molar-refractivity contribution in [2.75, 3.05) is 19.6 Å². The van der Waals surface area contributed by atoms with Gasteiger partial charge in [-0.15, -0.1) is 0 Å². The maximum Gasteiger partial charge on any atom is 0.0192 e. The predicted octanol–water partition coefficient (Wildman–Crippen LogP) is 3.67. The van der Waals surface area contributed by atoms with Crippen molar-refractivity contribution < 1.29 is 0 Å². The summed E-state index contributed by atoms with van der Waals surface area (Å²) >= 11 is 0. The van der Waals surface area contributed by atoms with Crippen molar-refractivity contribution in [2.24, 2.45) is 5.92 Å². The summed E-state index contributed by atoms with van der Waals surface area (Å²) in [6.45, 7) is 15.2. The minimum absolute atomic E-state index is 0.241. The van der Waals surface area contributed by atoms with Crippen LogP contribution in [-0.4, -0.2) is 36.1 Å². The van der Waals surface area contributed by atoms with E-state index in [1.54, 1.807) is 0 Å². The van der Waals surface area contributed by atoms with E-state index in [1.807, 2.05) is 0 Å². The fraction of sp³-hybridized carbons (Fsp3) is 1.00. The highest BCUT2D eigenvalue weighted by Crippen LogP contribution is 2.22. The van der Waals surface area contributed by atoms with Crippen LogP contribution in [0.5, 0.6) is 0 Å². The largest absolute Gasteiger partial charge is 0.311 e. The summed E-state index contributed by atoms with van der Waals surface area (Å²) in [6.07, 6.45) is 7.04. The first-order chi connectivity index (χ1) is 8.42. The van der Waals surface area contributed by atoms with Crippen LogP contribution in [0.25, 0.3) is 0 Å². The Labute approximate surface area is 115 Å². The molecule has 2 atom stereocenters. The number of hydrogen-bond acceptors (Lipinski definition) is 2. The average Bonchev–Trinajstić information content (AvgIpc) is 2.51. The minimum atomic E-state index is 0.241. The van der Waals surface area contributed by atoms with Crippen LogP contribution in [0.3, 0.4) is 0 Å². The number of rotatable bonds is 5. The molecule has 0 saturated carbocycles. The van der Waals surface area contributed by atoms with Crippen molar-refractivity contribution in [3.05, 3.63) is 0 Å². The van der Waals surface area contributed by atoms with E-state index in [9.17, 15) is 0 Å². The minimum Gasteiger partial charge on any atom is -0.311 e. The van der Waals surface area contributed by atoms with E-state index in [0.29, 0.717) is 6.04 Å². The first-order valence-electron chi connectivity index (χ1n) is 7.91. The van der Waals surface area contributed by atoms with Gasteiger partial charge >= 0.3 is 0 Å². The molecule has 2 nitrogen and oxygen atoms in total. The topological polar surface area (TPSA) is 15.3 Å². The Bertz CT molecular complexity index is 220. The Kier molecular flexibility index (Phi) is 6.65. The quantitative estimate of drug-likeness (QED) is 0.805. The number of hydrogen-bond donors (Lipinski definition) is 1. The molecule has 0 aromatic carbocycles. The summed E-state index contributed by atoms with van der Waals surface area (Å²) in [5.41, 5.74) is 0.241. The summed E-state index contributed by atoms with van der Waals surface area (Å²) in [6, 6.07) is 0.671. The van der Waals surface area contributed by atoms with Gasteiger partial charge in [0.1, 0.15) is 0 Å². The van der Waals surface area contributed by atoms with Gasteiger partial charge in [0.15, 0.2) is 0 Å². The number of likely N-dealkylation sites (tertiary alicyclic amines) is 1. The van der Waals surface area contributed by atoms with Crippen LogP contribution in [0, 0.1) is 5.92 Å². The van der Waals surface area contributed by atoms with Gasteiger partial charge in [-0.05, 0) is 66.0 Å².